The van der Waals surface area contributed by atoms with Crippen molar-refractivity contribution in [3.05, 3.63) is 47.1 Å². The van der Waals surface area contributed by atoms with Gasteiger partial charge in [-0.05, 0) is 52.5 Å². The number of nitrogens with zero attached hydrogens (tertiary/aromatic N) is 5. The molecule has 3 heterocycles. The smallest absolute Gasteiger partial charge is 0.274 e. The van der Waals surface area contributed by atoms with Gasteiger partial charge < -0.3 is 9.42 Å². The van der Waals surface area contributed by atoms with E-state index in [2.05, 4.69) is 23.7 Å². The molecule has 1 amide bonds. The molecule has 0 saturated carbocycles. The Balaban J connectivity index is 1.56. The van der Waals surface area contributed by atoms with E-state index < -0.39 is 0 Å². The third-order valence-corrected chi connectivity index (χ3v) is 6.17. The number of likely N-dealkylation sites (tertiary alicyclic amines) is 1. The van der Waals surface area contributed by atoms with Gasteiger partial charge in [-0.1, -0.05) is 11.2 Å². The van der Waals surface area contributed by atoms with Gasteiger partial charge in [-0.15, -0.1) is 6.58 Å². The van der Waals surface area contributed by atoms with Crippen molar-refractivity contribution in [1.82, 2.24) is 24.7 Å². The molecule has 7 nitrogen and oxygen atoms in total. The van der Waals surface area contributed by atoms with E-state index in [0.717, 1.165) is 68.8 Å². The second-order valence-electron chi connectivity index (χ2n) is 8.34. The Morgan fingerprint density at radius 1 is 1.38 bits per heavy atom. The number of likely N-dealkylation sites (N-methyl/N-ethyl adjacent to an activating group) is 1. The van der Waals surface area contributed by atoms with Crippen molar-refractivity contribution in [1.29, 1.82) is 0 Å². The predicted molar refractivity (Wildman–Crippen MR) is 111 cm³/mol. The van der Waals surface area contributed by atoms with E-state index in [4.69, 9.17) is 9.62 Å². The minimum Gasteiger partial charge on any atom is -0.360 e. The van der Waals surface area contributed by atoms with E-state index in [1.807, 2.05) is 28.6 Å². The topological polar surface area (TPSA) is 67.4 Å². The maximum absolute atomic E-state index is 13.2. The number of rotatable bonds is 6. The highest BCUT2D eigenvalue weighted by atomic mass is 16.5. The molecule has 2 aromatic heterocycles. The average Bonchev–Trinajstić information content (AvgIpc) is 3.31. The summed E-state index contributed by atoms with van der Waals surface area (Å²) in [5.74, 6) is 0.973. The summed E-state index contributed by atoms with van der Waals surface area (Å²) in [5, 5.41) is 8.73. The van der Waals surface area contributed by atoms with E-state index in [9.17, 15) is 4.79 Å². The minimum atomic E-state index is 0.0953. The summed E-state index contributed by atoms with van der Waals surface area (Å²) in [6.07, 6.45) is 8.04. The summed E-state index contributed by atoms with van der Waals surface area (Å²) in [6.45, 7) is 8.85. The van der Waals surface area contributed by atoms with Crippen LogP contribution >= 0.6 is 0 Å². The van der Waals surface area contributed by atoms with Crippen LogP contribution in [0, 0.1) is 6.92 Å². The average molecular weight is 398 g/mol. The molecule has 1 aliphatic carbocycles. The molecule has 0 bridgehead atoms. The molecule has 0 spiro atoms. The van der Waals surface area contributed by atoms with Gasteiger partial charge in [0.25, 0.3) is 5.91 Å². The van der Waals surface area contributed by atoms with Crippen molar-refractivity contribution < 1.29 is 9.32 Å². The third-order valence-electron chi connectivity index (χ3n) is 6.17. The fourth-order valence-electron chi connectivity index (χ4n) is 4.60. The Hall–Kier alpha value is -2.41. The van der Waals surface area contributed by atoms with Crippen LogP contribution in [0.4, 0.5) is 0 Å². The molecule has 0 aromatic carbocycles. The lowest BCUT2D eigenvalue weighted by atomic mass is 9.90. The zero-order valence-corrected chi connectivity index (χ0v) is 17.6. The number of aromatic nitrogens is 3. The van der Waals surface area contributed by atoms with E-state index >= 15 is 0 Å². The van der Waals surface area contributed by atoms with Crippen LogP contribution in [-0.2, 0) is 25.9 Å². The highest BCUT2D eigenvalue weighted by Gasteiger charge is 2.32. The Labute approximate surface area is 172 Å². The van der Waals surface area contributed by atoms with Gasteiger partial charge in [-0.25, -0.2) is 0 Å². The SMILES string of the molecule is C=CCn1nc(C(=O)N2CCCCC2)c2c1CCC(N(C)Cc1cc(C)no1)C2. The van der Waals surface area contributed by atoms with E-state index in [0.29, 0.717) is 18.3 Å². The highest BCUT2D eigenvalue weighted by Crippen LogP contribution is 2.29. The standard InChI is InChI=1S/C22H31N5O2/c1-4-10-27-20-9-8-17(25(3)15-18-13-16(2)24-29-18)14-19(20)21(23-27)22(28)26-11-6-5-7-12-26/h4,13,17H,1,5-12,14-15H2,2-3H3. The van der Waals surface area contributed by atoms with Crippen LogP contribution in [-0.4, -0.2) is 56.8 Å². The molecule has 0 radical (unpaired) electrons. The molecule has 1 unspecified atom stereocenters. The van der Waals surface area contributed by atoms with Gasteiger partial charge >= 0.3 is 0 Å². The highest BCUT2D eigenvalue weighted by molar-refractivity contribution is 5.94. The second-order valence-corrected chi connectivity index (χ2v) is 8.34. The third kappa shape index (κ3) is 4.15. The minimum absolute atomic E-state index is 0.0953. The molecule has 0 N–H and O–H groups in total. The van der Waals surface area contributed by atoms with E-state index in [1.165, 1.54) is 12.1 Å². The molecule has 29 heavy (non-hydrogen) atoms. The van der Waals surface area contributed by atoms with Crippen molar-refractivity contribution in [3.8, 4) is 0 Å². The summed E-state index contributed by atoms with van der Waals surface area (Å²) < 4.78 is 7.37. The molecule has 1 aliphatic heterocycles. The predicted octanol–water partition coefficient (Wildman–Crippen LogP) is 2.98. The van der Waals surface area contributed by atoms with Crippen molar-refractivity contribution in [2.24, 2.45) is 0 Å². The fourth-order valence-corrected chi connectivity index (χ4v) is 4.60. The molecule has 4 rings (SSSR count). The Bertz CT molecular complexity index is 878. The van der Waals surface area contributed by atoms with Crippen LogP contribution in [0.15, 0.2) is 23.2 Å². The first kappa shape index (κ1) is 19.9. The van der Waals surface area contributed by atoms with Gasteiger partial charge in [0, 0.05) is 36.5 Å². The van der Waals surface area contributed by atoms with Crippen LogP contribution in [0.25, 0.3) is 0 Å². The number of amides is 1. The molecule has 2 aliphatic rings. The summed E-state index contributed by atoms with van der Waals surface area (Å²) in [5.41, 5.74) is 3.88. The van der Waals surface area contributed by atoms with Gasteiger partial charge in [0.05, 0.1) is 18.8 Å². The summed E-state index contributed by atoms with van der Waals surface area (Å²) in [4.78, 5) is 17.5. The van der Waals surface area contributed by atoms with Gasteiger partial charge in [0.15, 0.2) is 11.5 Å². The lowest BCUT2D eigenvalue weighted by Crippen LogP contribution is -2.38. The fraction of sp³-hybridized carbons (Fsp3) is 0.591. The Morgan fingerprint density at radius 2 is 2.17 bits per heavy atom. The summed E-state index contributed by atoms with van der Waals surface area (Å²) >= 11 is 0. The lowest BCUT2D eigenvalue weighted by Gasteiger charge is -2.31. The van der Waals surface area contributed by atoms with Crippen LogP contribution < -0.4 is 0 Å². The molecular weight excluding hydrogens is 366 g/mol. The van der Waals surface area contributed by atoms with Crippen molar-refractivity contribution in [3.63, 3.8) is 0 Å². The molecule has 156 valence electrons. The van der Waals surface area contributed by atoms with Crippen LogP contribution in [0.3, 0.4) is 0 Å². The van der Waals surface area contributed by atoms with Gasteiger partial charge in [-0.3, -0.25) is 14.4 Å². The lowest BCUT2D eigenvalue weighted by molar-refractivity contribution is 0.0715. The van der Waals surface area contributed by atoms with Gasteiger partial charge in [0.2, 0.25) is 0 Å². The Kier molecular flexibility index (Phi) is 5.85. The first-order valence-corrected chi connectivity index (χ1v) is 10.7. The Morgan fingerprint density at radius 3 is 2.86 bits per heavy atom. The van der Waals surface area contributed by atoms with Crippen LogP contribution in [0.1, 0.15) is 58.9 Å². The molecule has 1 fully saturated rings. The maximum Gasteiger partial charge on any atom is 0.274 e. The number of piperidine rings is 1. The second kappa shape index (κ2) is 8.53. The zero-order chi connectivity index (χ0) is 20.4. The molecule has 7 heteroatoms. The van der Waals surface area contributed by atoms with E-state index in [-0.39, 0.29) is 5.91 Å². The van der Waals surface area contributed by atoms with Crippen molar-refractivity contribution >= 4 is 5.91 Å². The summed E-state index contributed by atoms with van der Waals surface area (Å²) in [7, 11) is 2.12. The number of aryl methyl sites for hydroxylation is 1. The first-order valence-electron chi connectivity index (χ1n) is 10.7. The van der Waals surface area contributed by atoms with Crippen LogP contribution in [0.5, 0.6) is 0 Å². The van der Waals surface area contributed by atoms with Crippen molar-refractivity contribution in [2.45, 2.75) is 64.6 Å². The van der Waals surface area contributed by atoms with Gasteiger partial charge in [0.1, 0.15) is 0 Å². The number of hydrogen-bond acceptors (Lipinski definition) is 5. The number of hydrogen-bond donors (Lipinski definition) is 0. The van der Waals surface area contributed by atoms with Crippen LogP contribution in [0.2, 0.25) is 0 Å². The normalized spacial score (nSPS) is 19.4. The number of carbonyl (C=O) groups is 1. The number of fused-ring (bicyclic) bond motifs is 1. The molecule has 2 aromatic rings. The maximum atomic E-state index is 13.2. The molecular formula is C22H31N5O2. The quantitative estimate of drug-likeness (QED) is 0.701. The first-order chi connectivity index (χ1) is 14.1. The number of carbonyl (C=O) groups excluding carboxylic acids is 1. The van der Waals surface area contributed by atoms with E-state index in [1.54, 1.807) is 0 Å². The van der Waals surface area contributed by atoms with Gasteiger partial charge in [-0.2, -0.15) is 5.10 Å². The molecule has 1 atom stereocenters. The largest absolute Gasteiger partial charge is 0.360 e. The summed E-state index contributed by atoms with van der Waals surface area (Å²) in [6, 6.07) is 2.33. The van der Waals surface area contributed by atoms with Crippen molar-refractivity contribution in [2.75, 3.05) is 20.1 Å². The zero-order valence-electron chi connectivity index (χ0n) is 17.6. The number of allylic oxidation sites excluding steroid dienone is 1. The molecule has 1 saturated heterocycles. The monoisotopic (exact) mass is 397 g/mol.